The van der Waals surface area contributed by atoms with Crippen LogP contribution in [0, 0.1) is 0 Å². The molecule has 1 unspecified atom stereocenters. The summed E-state index contributed by atoms with van der Waals surface area (Å²) in [6, 6.07) is 22.2. The van der Waals surface area contributed by atoms with E-state index in [0.29, 0.717) is 5.92 Å². The van der Waals surface area contributed by atoms with Crippen molar-refractivity contribution in [1.29, 1.82) is 0 Å². The number of pyridine rings is 1. The highest BCUT2D eigenvalue weighted by atomic mass is 14.7. The van der Waals surface area contributed by atoms with Gasteiger partial charge < -0.3 is 0 Å². The fourth-order valence-electron chi connectivity index (χ4n) is 4.88. The molecule has 0 radical (unpaired) electrons. The number of aryl methyl sites for hydroxylation is 2. The molecule has 0 fully saturated rings. The molecule has 0 saturated carbocycles. The molecule has 1 heteroatoms. The molecule has 134 valence electrons. The predicted octanol–water partition coefficient (Wildman–Crippen LogP) is 5.93. The molecular weight excluding hydrogens is 326 g/mol. The third-order valence-corrected chi connectivity index (χ3v) is 6.33. The number of hydrogen-bond donors (Lipinski definition) is 0. The lowest BCUT2D eigenvalue weighted by molar-refractivity contribution is 0.800. The second-order valence-corrected chi connectivity index (χ2v) is 7.96. The Morgan fingerprint density at radius 1 is 0.926 bits per heavy atom. The zero-order valence-corrected chi connectivity index (χ0v) is 15.9. The van der Waals surface area contributed by atoms with Crippen molar-refractivity contribution in [2.24, 2.45) is 0 Å². The van der Waals surface area contributed by atoms with Crippen LogP contribution in [0.15, 0.2) is 72.4 Å². The van der Waals surface area contributed by atoms with Crippen molar-refractivity contribution >= 4 is 5.57 Å². The molecule has 0 bridgehead atoms. The molecule has 0 spiro atoms. The monoisotopic (exact) mass is 351 g/mol. The number of allylic oxidation sites excluding steroid dienone is 2. The first kappa shape index (κ1) is 16.5. The number of aromatic nitrogens is 1. The van der Waals surface area contributed by atoms with Crippen LogP contribution in [0.3, 0.4) is 0 Å². The van der Waals surface area contributed by atoms with Gasteiger partial charge in [-0.1, -0.05) is 54.1 Å². The summed E-state index contributed by atoms with van der Waals surface area (Å²) in [5.41, 5.74) is 11.8. The van der Waals surface area contributed by atoms with Gasteiger partial charge in [0.15, 0.2) is 0 Å². The smallest absolute Gasteiger partial charge is 0.0447 e. The molecule has 3 aromatic rings. The molecule has 2 aromatic carbocycles. The first-order chi connectivity index (χ1) is 13.3. The van der Waals surface area contributed by atoms with Crippen LogP contribution in [-0.2, 0) is 25.7 Å². The molecule has 2 aliphatic rings. The number of hydrogen-bond acceptors (Lipinski definition) is 1. The number of benzene rings is 2. The van der Waals surface area contributed by atoms with E-state index in [4.69, 9.17) is 0 Å². The van der Waals surface area contributed by atoms with E-state index in [-0.39, 0.29) is 0 Å². The highest BCUT2D eigenvalue weighted by Crippen LogP contribution is 2.46. The van der Waals surface area contributed by atoms with Crippen LogP contribution in [0.1, 0.15) is 52.8 Å². The average molecular weight is 351 g/mol. The second-order valence-electron chi connectivity index (χ2n) is 7.96. The minimum absolute atomic E-state index is 0.493. The summed E-state index contributed by atoms with van der Waals surface area (Å²) in [5, 5.41) is 0. The summed E-state index contributed by atoms with van der Waals surface area (Å²) in [5.74, 6) is 0.493. The van der Waals surface area contributed by atoms with Crippen LogP contribution in [0.2, 0.25) is 0 Å². The van der Waals surface area contributed by atoms with Gasteiger partial charge in [0.05, 0.1) is 0 Å². The van der Waals surface area contributed by atoms with E-state index >= 15 is 0 Å². The van der Waals surface area contributed by atoms with Crippen molar-refractivity contribution in [3.05, 3.63) is 106 Å². The standard InChI is InChI=1S/C26H25N/c1-18-23(14-19-8-3-2-4-9-19)25-15-20-10-7-11-21(20)16-26(25)24(18)17-22-12-5-6-13-27-22/h2-6,8-9,12-13,15-16,23H,7,10-11,14,17H2,1H3. The van der Waals surface area contributed by atoms with Crippen molar-refractivity contribution in [1.82, 2.24) is 4.98 Å². The van der Waals surface area contributed by atoms with Crippen LogP contribution < -0.4 is 0 Å². The quantitative estimate of drug-likeness (QED) is 0.568. The third-order valence-electron chi connectivity index (χ3n) is 6.33. The molecular formula is C26H25N. The SMILES string of the molecule is CC1=C(Cc2ccccn2)c2cc3c(cc2C1Cc1ccccc1)CCC3. The lowest BCUT2D eigenvalue weighted by Gasteiger charge is -2.16. The summed E-state index contributed by atoms with van der Waals surface area (Å²) in [6.07, 6.45) is 7.72. The van der Waals surface area contributed by atoms with E-state index in [2.05, 4.69) is 66.5 Å². The Labute approximate surface area is 161 Å². The third kappa shape index (κ3) is 3.02. The number of fused-ring (bicyclic) bond motifs is 2. The topological polar surface area (TPSA) is 12.9 Å². The van der Waals surface area contributed by atoms with Crippen molar-refractivity contribution in [3.63, 3.8) is 0 Å². The fourth-order valence-corrected chi connectivity index (χ4v) is 4.88. The molecule has 0 saturated heterocycles. The molecule has 1 nitrogen and oxygen atoms in total. The molecule has 5 rings (SSSR count). The molecule has 27 heavy (non-hydrogen) atoms. The predicted molar refractivity (Wildman–Crippen MR) is 112 cm³/mol. The van der Waals surface area contributed by atoms with Crippen LogP contribution in [-0.4, -0.2) is 4.98 Å². The Kier molecular flexibility index (Phi) is 4.16. The lowest BCUT2D eigenvalue weighted by Crippen LogP contribution is -2.02. The highest BCUT2D eigenvalue weighted by molar-refractivity contribution is 5.80. The van der Waals surface area contributed by atoms with E-state index < -0.39 is 0 Å². The Balaban J connectivity index is 1.59. The largest absolute Gasteiger partial charge is 0.261 e. The van der Waals surface area contributed by atoms with Gasteiger partial charge in [0.2, 0.25) is 0 Å². The maximum absolute atomic E-state index is 4.60. The van der Waals surface area contributed by atoms with E-state index in [1.807, 2.05) is 12.3 Å². The van der Waals surface area contributed by atoms with Gasteiger partial charge in [-0.2, -0.15) is 0 Å². The Bertz CT molecular complexity index is 999. The lowest BCUT2D eigenvalue weighted by atomic mass is 9.88. The van der Waals surface area contributed by atoms with Crippen molar-refractivity contribution in [3.8, 4) is 0 Å². The summed E-state index contributed by atoms with van der Waals surface area (Å²) >= 11 is 0. The summed E-state index contributed by atoms with van der Waals surface area (Å²) < 4.78 is 0. The number of rotatable bonds is 4. The molecule has 1 heterocycles. The summed E-state index contributed by atoms with van der Waals surface area (Å²) in [4.78, 5) is 4.60. The van der Waals surface area contributed by atoms with Crippen LogP contribution in [0.25, 0.3) is 5.57 Å². The van der Waals surface area contributed by atoms with E-state index in [1.54, 1.807) is 16.7 Å². The Hall–Kier alpha value is -2.67. The van der Waals surface area contributed by atoms with Gasteiger partial charge in [0, 0.05) is 24.2 Å². The first-order valence-corrected chi connectivity index (χ1v) is 10.1. The van der Waals surface area contributed by atoms with Gasteiger partial charge in [-0.3, -0.25) is 4.98 Å². The van der Waals surface area contributed by atoms with Gasteiger partial charge in [0.1, 0.15) is 0 Å². The maximum atomic E-state index is 4.60. The molecule has 1 aromatic heterocycles. The molecule has 0 aliphatic heterocycles. The van der Waals surface area contributed by atoms with Crippen LogP contribution >= 0.6 is 0 Å². The molecule has 2 aliphatic carbocycles. The van der Waals surface area contributed by atoms with Crippen molar-refractivity contribution in [2.45, 2.75) is 44.9 Å². The van der Waals surface area contributed by atoms with Gasteiger partial charge in [-0.05, 0) is 78.1 Å². The Morgan fingerprint density at radius 3 is 2.48 bits per heavy atom. The van der Waals surface area contributed by atoms with Crippen molar-refractivity contribution in [2.75, 3.05) is 0 Å². The van der Waals surface area contributed by atoms with Crippen molar-refractivity contribution < 1.29 is 0 Å². The zero-order chi connectivity index (χ0) is 18.2. The highest BCUT2D eigenvalue weighted by Gasteiger charge is 2.30. The van der Waals surface area contributed by atoms with E-state index in [0.717, 1.165) is 12.8 Å². The minimum Gasteiger partial charge on any atom is -0.261 e. The van der Waals surface area contributed by atoms with Gasteiger partial charge in [-0.25, -0.2) is 0 Å². The second kappa shape index (κ2) is 6.81. The zero-order valence-electron chi connectivity index (χ0n) is 15.9. The summed E-state index contributed by atoms with van der Waals surface area (Å²) in [7, 11) is 0. The fraction of sp³-hybridized carbons (Fsp3) is 0.269. The Morgan fingerprint density at radius 2 is 1.70 bits per heavy atom. The first-order valence-electron chi connectivity index (χ1n) is 10.1. The van der Waals surface area contributed by atoms with Crippen LogP contribution in [0.4, 0.5) is 0 Å². The minimum atomic E-state index is 0.493. The molecule has 0 amide bonds. The molecule has 0 N–H and O–H groups in total. The number of nitrogens with zero attached hydrogens (tertiary/aromatic N) is 1. The van der Waals surface area contributed by atoms with Gasteiger partial charge in [0.25, 0.3) is 0 Å². The van der Waals surface area contributed by atoms with E-state index in [1.165, 1.54) is 47.2 Å². The maximum Gasteiger partial charge on any atom is 0.0447 e. The van der Waals surface area contributed by atoms with E-state index in [9.17, 15) is 0 Å². The average Bonchev–Trinajstić information content (AvgIpc) is 3.26. The van der Waals surface area contributed by atoms with Crippen LogP contribution in [0.5, 0.6) is 0 Å². The summed E-state index contributed by atoms with van der Waals surface area (Å²) in [6.45, 7) is 2.34. The van der Waals surface area contributed by atoms with Gasteiger partial charge in [-0.15, -0.1) is 0 Å². The van der Waals surface area contributed by atoms with Gasteiger partial charge >= 0.3 is 0 Å². The normalized spacial score (nSPS) is 17.9. The molecule has 1 atom stereocenters.